The fraction of sp³-hybridized carbons (Fsp3) is 0.333. The summed E-state index contributed by atoms with van der Waals surface area (Å²) in [6.07, 6.45) is 5.09. The maximum Gasteiger partial charge on any atom is 0.242 e. The number of carbonyl (C=O) groups excluding carboxylic acids is 1. The van der Waals surface area contributed by atoms with E-state index in [1.165, 1.54) is 27.4 Å². The first-order valence-electron chi connectivity index (χ1n) is 10.0. The van der Waals surface area contributed by atoms with Gasteiger partial charge < -0.3 is 5.32 Å². The Bertz CT molecular complexity index is 1180. The maximum atomic E-state index is 13.4. The van der Waals surface area contributed by atoms with Crippen molar-refractivity contribution in [3.05, 3.63) is 57.3 Å². The zero-order chi connectivity index (χ0) is 23.0. The van der Waals surface area contributed by atoms with Gasteiger partial charge in [0.2, 0.25) is 5.91 Å². The maximum absolute atomic E-state index is 13.4. The average Bonchev–Trinajstić information content (AvgIpc) is 3.38. The zero-order valence-corrected chi connectivity index (χ0v) is 20.2. The first kappa shape index (κ1) is 23.1. The lowest BCUT2D eigenvalue weighted by atomic mass is 10.0. The van der Waals surface area contributed by atoms with Crippen LogP contribution in [0, 0.1) is 5.82 Å². The molecule has 1 saturated heterocycles. The number of likely N-dealkylation sites (N-methyl/N-ethyl adjacent to an activating group) is 1. The molecule has 1 amide bonds. The van der Waals surface area contributed by atoms with Crippen LogP contribution in [0.2, 0.25) is 5.02 Å². The van der Waals surface area contributed by atoms with E-state index in [2.05, 4.69) is 28.1 Å². The van der Waals surface area contributed by atoms with Crippen molar-refractivity contribution in [1.29, 1.82) is 0 Å². The molecule has 170 valence electrons. The van der Waals surface area contributed by atoms with Gasteiger partial charge in [0.25, 0.3) is 0 Å². The third kappa shape index (κ3) is 4.65. The van der Waals surface area contributed by atoms with E-state index >= 15 is 0 Å². The van der Waals surface area contributed by atoms with Crippen molar-refractivity contribution in [2.75, 3.05) is 12.4 Å². The second kappa shape index (κ2) is 9.40. The van der Waals surface area contributed by atoms with Gasteiger partial charge in [0.15, 0.2) is 11.2 Å². The van der Waals surface area contributed by atoms with Gasteiger partial charge in [-0.15, -0.1) is 11.3 Å². The summed E-state index contributed by atoms with van der Waals surface area (Å²) in [5, 5.41) is 6.95. The highest BCUT2D eigenvalue weighted by atomic mass is 35.5. The standard InChI is InChI=1S/C21H23ClFN5O2S2/c1-4-19-14(12-10-24-27(2)11-12)8-20(31-19)17-9-18(28(3)32(30)26-17)21(29)25-13-5-6-16(23)15(22)7-13/h5-8,10-11,17-18,26H,4,9H2,1-3H3,(H,25,29). The number of amides is 1. The molecule has 3 aromatic rings. The van der Waals surface area contributed by atoms with E-state index in [-0.39, 0.29) is 17.0 Å². The number of carbonyl (C=O) groups is 1. The molecule has 2 N–H and O–H groups in total. The molecule has 3 atom stereocenters. The van der Waals surface area contributed by atoms with Gasteiger partial charge in [-0.3, -0.25) is 9.48 Å². The molecule has 7 nitrogen and oxygen atoms in total. The average molecular weight is 496 g/mol. The number of rotatable bonds is 5. The van der Waals surface area contributed by atoms with Crippen molar-refractivity contribution >= 4 is 45.7 Å². The van der Waals surface area contributed by atoms with Gasteiger partial charge in [0, 0.05) is 41.3 Å². The van der Waals surface area contributed by atoms with Crippen LogP contribution in [0.25, 0.3) is 11.1 Å². The second-order valence-electron chi connectivity index (χ2n) is 7.58. The second-order valence-corrected chi connectivity index (χ2v) is 10.5. The van der Waals surface area contributed by atoms with E-state index < -0.39 is 23.0 Å². The quantitative estimate of drug-likeness (QED) is 0.560. The van der Waals surface area contributed by atoms with E-state index in [1.54, 1.807) is 23.1 Å². The monoisotopic (exact) mass is 495 g/mol. The van der Waals surface area contributed by atoms with Crippen LogP contribution in [0.5, 0.6) is 0 Å². The smallest absolute Gasteiger partial charge is 0.242 e. The molecule has 2 aromatic heterocycles. The molecular weight excluding hydrogens is 473 g/mol. The number of halogens is 2. The van der Waals surface area contributed by atoms with Gasteiger partial charge in [-0.1, -0.05) is 18.5 Å². The van der Waals surface area contributed by atoms with Crippen LogP contribution < -0.4 is 10.0 Å². The summed E-state index contributed by atoms with van der Waals surface area (Å²) in [4.78, 5) is 15.2. The molecule has 0 radical (unpaired) electrons. The molecule has 32 heavy (non-hydrogen) atoms. The van der Waals surface area contributed by atoms with E-state index in [0.29, 0.717) is 12.1 Å². The number of nitrogens with one attached hydrogen (secondary N) is 2. The van der Waals surface area contributed by atoms with Gasteiger partial charge in [-0.05, 0) is 42.7 Å². The molecular formula is C21H23ClFN5O2S2. The number of aromatic nitrogens is 2. The lowest BCUT2D eigenvalue weighted by Crippen LogP contribution is -2.52. The van der Waals surface area contributed by atoms with Crippen molar-refractivity contribution in [1.82, 2.24) is 18.8 Å². The number of hydrogen-bond donors (Lipinski definition) is 2. The number of hydrogen-bond acceptors (Lipinski definition) is 4. The molecule has 3 heterocycles. The Morgan fingerprint density at radius 1 is 1.41 bits per heavy atom. The summed E-state index contributed by atoms with van der Waals surface area (Å²) >= 11 is 5.93. The fourth-order valence-corrected chi connectivity index (χ4v) is 6.17. The molecule has 1 aliphatic heterocycles. The van der Waals surface area contributed by atoms with Crippen molar-refractivity contribution in [2.45, 2.75) is 31.8 Å². The Morgan fingerprint density at radius 2 is 2.19 bits per heavy atom. The molecule has 0 bridgehead atoms. The van der Waals surface area contributed by atoms with Gasteiger partial charge in [-0.25, -0.2) is 17.6 Å². The summed E-state index contributed by atoms with van der Waals surface area (Å²) < 4.78 is 32.5. The Kier molecular flexibility index (Phi) is 6.78. The molecule has 1 aliphatic rings. The molecule has 11 heteroatoms. The molecule has 1 fully saturated rings. The Morgan fingerprint density at radius 3 is 2.84 bits per heavy atom. The summed E-state index contributed by atoms with van der Waals surface area (Å²) in [7, 11) is 3.51. The predicted molar refractivity (Wildman–Crippen MR) is 126 cm³/mol. The fourth-order valence-electron chi connectivity index (χ4n) is 3.67. The first-order valence-corrected chi connectivity index (χ1v) is 12.3. The Balaban J connectivity index is 1.57. The van der Waals surface area contributed by atoms with E-state index in [1.807, 2.05) is 19.4 Å². The lowest BCUT2D eigenvalue weighted by molar-refractivity contribution is -0.120. The van der Waals surface area contributed by atoms with E-state index in [0.717, 1.165) is 22.4 Å². The number of benzene rings is 1. The lowest BCUT2D eigenvalue weighted by Gasteiger charge is -2.35. The van der Waals surface area contributed by atoms with Crippen LogP contribution in [0.1, 0.15) is 29.1 Å². The minimum atomic E-state index is -1.55. The molecule has 4 rings (SSSR count). The van der Waals surface area contributed by atoms with Gasteiger partial charge in [-0.2, -0.15) is 5.10 Å². The minimum Gasteiger partial charge on any atom is -0.325 e. The largest absolute Gasteiger partial charge is 0.325 e. The third-order valence-corrected chi connectivity index (χ3v) is 8.35. The van der Waals surface area contributed by atoms with Crippen LogP contribution in [0.3, 0.4) is 0 Å². The first-order chi connectivity index (χ1) is 15.3. The van der Waals surface area contributed by atoms with Crippen molar-refractivity contribution in [2.24, 2.45) is 7.05 Å². The third-order valence-electron chi connectivity index (χ3n) is 5.40. The van der Waals surface area contributed by atoms with Crippen LogP contribution in [-0.4, -0.2) is 37.3 Å². The number of thiophene rings is 1. The van der Waals surface area contributed by atoms with E-state index in [4.69, 9.17) is 11.6 Å². The highest BCUT2D eigenvalue weighted by Gasteiger charge is 2.37. The highest BCUT2D eigenvalue weighted by Crippen LogP contribution is 2.38. The van der Waals surface area contributed by atoms with Crippen molar-refractivity contribution < 1.29 is 13.4 Å². The van der Waals surface area contributed by atoms with E-state index in [9.17, 15) is 13.4 Å². The predicted octanol–water partition coefficient (Wildman–Crippen LogP) is 4.06. The Labute approximate surface area is 197 Å². The molecule has 0 aliphatic carbocycles. The summed E-state index contributed by atoms with van der Waals surface area (Å²) in [5.74, 6) is -0.881. The number of nitrogens with zero attached hydrogens (tertiary/aromatic N) is 3. The van der Waals surface area contributed by atoms with Crippen molar-refractivity contribution in [3.63, 3.8) is 0 Å². The SMILES string of the molecule is CCc1sc(C2CC(C(=O)Nc3ccc(F)c(Cl)c3)N(C)S(=O)N2)cc1-c1cnn(C)c1. The minimum absolute atomic E-state index is 0.0727. The van der Waals surface area contributed by atoms with Crippen LogP contribution in [0.15, 0.2) is 36.7 Å². The molecule has 3 unspecified atom stereocenters. The normalized spacial score (nSPS) is 21.6. The Hall–Kier alpha value is -2.11. The van der Waals surface area contributed by atoms with Crippen LogP contribution in [0.4, 0.5) is 10.1 Å². The van der Waals surface area contributed by atoms with Crippen LogP contribution >= 0.6 is 22.9 Å². The summed E-state index contributed by atoms with van der Waals surface area (Å²) in [6.45, 7) is 2.10. The molecule has 0 spiro atoms. The van der Waals surface area contributed by atoms with Gasteiger partial charge >= 0.3 is 0 Å². The number of aryl methyl sites for hydroxylation is 2. The molecule has 0 saturated carbocycles. The topological polar surface area (TPSA) is 79.3 Å². The number of anilines is 1. The highest BCUT2D eigenvalue weighted by molar-refractivity contribution is 7.80. The summed E-state index contributed by atoms with van der Waals surface area (Å²) in [6, 6.07) is 5.21. The van der Waals surface area contributed by atoms with Gasteiger partial charge in [0.1, 0.15) is 11.9 Å². The van der Waals surface area contributed by atoms with Crippen molar-refractivity contribution in [3.8, 4) is 11.1 Å². The van der Waals surface area contributed by atoms with Crippen LogP contribution in [-0.2, 0) is 29.4 Å². The molecule has 1 aromatic carbocycles. The summed E-state index contributed by atoms with van der Waals surface area (Å²) in [5.41, 5.74) is 2.52. The van der Waals surface area contributed by atoms with Gasteiger partial charge in [0.05, 0.1) is 17.3 Å². The zero-order valence-electron chi connectivity index (χ0n) is 17.8.